The SMILES string of the molecule is O=C(Cn1c(C2CC(=O)N(CC3CC3)C2)nc2ccccc21)N1CCCCCC1. The van der Waals surface area contributed by atoms with E-state index in [1.54, 1.807) is 0 Å². The van der Waals surface area contributed by atoms with Crippen molar-refractivity contribution in [1.29, 1.82) is 0 Å². The molecule has 0 N–H and O–H groups in total. The molecule has 0 bridgehead atoms. The summed E-state index contributed by atoms with van der Waals surface area (Å²) < 4.78 is 2.08. The molecule has 5 rings (SSSR count). The Hall–Kier alpha value is -2.37. The molecule has 154 valence electrons. The molecule has 1 aromatic heterocycles. The van der Waals surface area contributed by atoms with Crippen molar-refractivity contribution in [2.75, 3.05) is 26.2 Å². The first kappa shape index (κ1) is 18.6. The average Bonchev–Trinajstić information content (AvgIpc) is 3.44. The molecule has 2 aromatic rings. The highest BCUT2D eigenvalue weighted by molar-refractivity contribution is 5.83. The molecule has 3 aliphatic rings. The number of nitrogens with zero attached hydrogens (tertiary/aromatic N) is 4. The Morgan fingerprint density at radius 3 is 2.59 bits per heavy atom. The van der Waals surface area contributed by atoms with Gasteiger partial charge in [-0.1, -0.05) is 25.0 Å². The molecule has 3 heterocycles. The number of hydrogen-bond acceptors (Lipinski definition) is 3. The molecule has 3 fully saturated rings. The third-order valence-corrected chi connectivity index (χ3v) is 6.69. The van der Waals surface area contributed by atoms with E-state index < -0.39 is 0 Å². The van der Waals surface area contributed by atoms with Gasteiger partial charge in [0.25, 0.3) is 0 Å². The van der Waals surface area contributed by atoms with Crippen molar-refractivity contribution in [3.63, 3.8) is 0 Å². The molecule has 1 atom stereocenters. The highest BCUT2D eigenvalue weighted by Crippen LogP contribution is 2.35. The topological polar surface area (TPSA) is 58.4 Å². The Bertz CT molecular complexity index is 909. The Morgan fingerprint density at radius 1 is 1.07 bits per heavy atom. The minimum absolute atomic E-state index is 0.0746. The van der Waals surface area contributed by atoms with Crippen LogP contribution in [0.4, 0.5) is 0 Å². The van der Waals surface area contributed by atoms with E-state index in [4.69, 9.17) is 4.98 Å². The van der Waals surface area contributed by atoms with Crippen LogP contribution in [0.15, 0.2) is 24.3 Å². The van der Waals surface area contributed by atoms with Gasteiger partial charge in [-0.3, -0.25) is 9.59 Å². The van der Waals surface area contributed by atoms with E-state index in [9.17, 15) is 9.59 Å². The van der Waals surface area contributed by atoms with Crippen LogP contribution < -0.4 is 0 Å². The lowest BCUT2D eigenvalue weighted by Gasteiger charge is -2.22. The standard InChI is InChI=1S/C23H30N4O2/c28-21-13-18(15-26(21)14-17-9-10-17)23-24-19-7-3-4-8-20(19)27(23)16-22(29)25-11-5-1-2-6-12-25/h3-4,7-8,17-18H,1-2,5-6,9-16H2. The summed E-state index contributed by atoms with van der Waals surface area (Å²) >= 11 is 0. The Kier molecular flexibility index (Phi) is 5.02. The smallest absolute Gasteiger partial charge is 0.242 e. The molecule has 1 saturated carbocycles. The maximum atomic E-state index is 13.1. The number of likely N-dealkylation sites (tertiary alicyclic amines) is 2. The van der Waals surface area contributed by atoms with Crippen molar-refractivity contribution >= 4 is 22.8 Å². The second kappa shape index (κ2) is 7.81. The predicted octanol–water partition coefficient (Wildman–Crippen LogP) is 3.16. The number of rotatable bonds is 5. The summed E-state index contributed by atoms with van der Waals surface area (Å²) in [6.07, 6.45) is 7.61. The van der Waals surface area contributed by atoms with Crippen molar-refractivity contribution < 1.29 is 9.59 Å². The van der Waals surface area contributed by atoms with Crippen LogP contribution in [0.2, 0.25) is 0 Å². The molecule has 0 spiro atoms. The Labute approximate surface area is 171 Å². The fraction of sp³-hybridized carbons (Fsp3) is 0.609. The molecule has 1 aromatic carbocycles. The Morgan fingerprint density at radius 2 is 1.83 bits per heavy atom. The summed E-state index contributed by atoms with van der Waals surface area (Å²) in [4.78, 5) is 34.6. The van der Waals surface area contributed by atoms with E-state index in [0.29, 0.717) is 18.9 Å². The van der Waals surface area contributed by atoms with Gasteiger partial charge in [-0.2, -0.15) is 0 Å². The van der Waals surface area contributed by atoms with Crippen molar-refractivity contribution in [1.82, 2.24) is 19.4 Å². The van der Waals surface area contributed by atoms with Crippen LogP contribution in [0, 0.1) is 5.92 Å². The molecular weight excluding hydrogens is 364 g/mol. The first-order chi connectivity index (χ1) is 14.2. The summed E-state index contributed by atoms with van der Waals surface area (Å²) in [5.74, 6) is 2.09. The van der Waals surface area contributed by atoms with Crippen molar-refractivity contribution in [3.05, 3.63) is 30.1 Å². The monoisotopic (exact) mass is 394 g/mol. The van der Waals surface area contributed by atoms with Gasteiger partial charge in [-0.15, -0.1) is 0 Å². The van der Waals surface area contributed by atoms with Crippen LogP contribution in [0.1, 0.15) is 56.7 Å². The molecule has 2 aliphatic heterocycles. The van der Waals surface area contributed by atoms with Crippen LogP contribution in [0.5, 0.6) is 0 Å². The van der Waals surface area contributed by atoms with Crippen molar-refractivity contribution in [2.45, 2.75) is 57.4 Å². The van der Waals surface area contributed by atoms with E-state index in [-0.39, 0.29) is 17.7 Å². The van der Waals surface area contributed by atoms with Gasteiger partial charge in [0.2, 0.25) is 11.8 Å². The van der Waals surface area contributed by atoms with Crippen LogP contribution >= 0.6 is 0 Å². The Balaban J connectivity index is 1.41. The van der Waals surface area contributed by atoms with Crippen LogP contribution in [0.3, 0.4) is 0 Å². The van der Waals surface area contributed by atoms with Crippen molar-refractivity contribution in [3.8, 4) is 0 Å². The zero-order valence-electron chi connectivity index (χ0n) is 17.1. The number of fused-ring (bicyclic) bond motifs is 1. The zero-order chi connectivity index (χ0) is 19.8. The minimum atomic E-state index is 0.0746. The molecule has 2 saturated heterocycles. The second-order valence-corrected chi connectivity index (χ2v) is 8.98. The van der Waals surface area contributed by atoms with Gasteiger partial charge in [-0.25, -0.2) is 4.98 Å². The quantitative estimate of drug-likeness (QED) is 0.783. The van der Waals surface area contributed by atoms with Crippen LogP contribution in [-0.4, -0.2) is 57.3 Å². The molecule has 6 nitrogen and oxygen atoms in total. The number of hydrogen-bond donors (Lipinski definition) is 0. The lowest BCUT2D eigenvalue weighted by atomic mass is 10.1. The van der Waals surface area contributed by atoms with Gasteiger partial charge in [0.1, 0.15) is 12.4 Å². The molecule has 0 radical (unpaired) electrons. The average molecular weight is 395 g/mol. The maximum absolute atomic E-state index is 13.1. The number of carbonyl (C=O) groups excluding carboxylic acids is 2. The number of amides is 2. The van der Waals surface area contributed by atoms with E-state index >= 15 is 0 Å². The third kappa shape index (κ3) is 3.89. The second-order valence-electron chi connectivity index (χ2n) is 8.98. The zero-order valence-corrected chi connectivity index (χ0v) is 17.1. The number of benzene rings is 1. The van der Waals surface area contributed by atoms with Gasteiger partial charge in [-0.05, 0) is 43.7 Å². The molecular formula is C23H30N4O2. The number of carbonyl (C=O) groups is 2. The third-order valence-electron chi connectivity index (χ3n) is 6.69. The van der Waals surface area contributed by atoms with Crippen LogP contribution in [0.25, 0.3) is 11.0 Å². The fourth-order valence-electron chi connectivity index (χ4n) is 4.86. The van der Waals surface area contributed by atoms with E-state index in [0.717, 1.165) is 55.9 Å². The van der Waals surface area contributed by atoms with E-state index in [1.807, 2.05) is 34.1 Å². The lowest BCUT2D eigenvalue weighted by molar-refractivity contribution is -0.131. The first-order valence-electron chi connectivity index (χ1n) is 11.2. The number of para-hydroxylation sites is 2. The first-order valence-corrected chi connectivity index (χ1v) is 11.2. The molecule has 6 heteroatoms. The largest absolute Gasteiger partial charge is 0.342 e. The fourth-order valence-corrected chi connectivity index (χ4v) is 4.86. The molecule has 1 unspecified atom stereocenters. The minimum Gasteiger partial charge on any atom is -0.342 e. The highest BCUT2D eigenvalue weighted by atomic mass is 16.2. The van der Waals surface area contributed by atoms with Gasteiger partial charge < -0.3 is 14.4 Å². The summed E-state index contributed by atoms with van der Waals surface area (Å²) in [6.45, 7) is 3.66. The molecule has 1 aliphatic carbocycles. The van der Waals surface area contributed by atoms with Crippen molar-refractivity contribution in [2.24, 2.45) is 5.92 Å². The predicted molar refractivity (Wildman–Crippen MR) is 111 cm³/mol. The number of imidazole rings is 1. The summed E-state index contributed by atoms with van der Waals surface area (Å²) in [5, 5.41) is 0. The van der Waals surface area contributed by atoms with Gasteiger partial charge in [0, 0.05) is 38.5 Å². The normalized spacial score (nSPS) is 23.0. The van der Waals surface area contributed by atoms with Crippen LogP contribution in [-0.2, 0) is 16.1 Å². The maximum Gasteiger partial charge on any atom is 0.242 e. The summed E-state index contributed by atoms with van der Waals surface area (Å²) in [5.41, 5.74) is 1.91. The molecule has 29 heavy (non-hydrogen) atoms. The highest BCUT2D eigenvalue weighted by Gasteiger charge is 2.37. The van der Waals surface area contributed by atoms with E-state index in [2.05, 4.69) is 4.57 Å². The number of aromatic nitrogens is 2. The van der Waals surface area contributed by atoms with E-state index in [1.165, 1.54) is 25.7 Å². The van der Waals surface area contributed by atoms with Gasteiger partial charge in [0.05, 0.1) is 11.0 Å². The summed E-state index contributed by atoms with van der Waals surface area (Å²) in [6, 6.07) is 8.03. The lowest BCUT2D eigenvalue weighted by Crippen LogP contribution is -2.35. The van der Waals surface area contributed by atoms with Gasteiger partial charge in [0.15, 0.2) is 0 Å². The molecule has 2 amide bonds. The summed E-state index contributed by atoms with van der Waals surface area (Å²) in [7, 11) is 0. The van der Waals surface area contributed by atoms with Gasteiger partial charge >= 0.3 is 0 Å².